The fourth-order valence-electron chi connectivity index (χ4n) is 4.32. The Morgan fingerprint density at radius 3 is 2.79 bits per heavy atom. The quantitative estimate of drug-likeness (QED) is 0.458. The third-order valence-corrected chi connectivity index (χ3v) is 5.97. The van der Waals surface area contributed by atoms with Gasteiger partial charge in [0.2, 0.25) is 5.43 Å². The van der Waals surface area contributed by atoms with E-state index < -0.39 is 0 Å². The van der Waals surface area contributed by atoms with E-state index in [0.29, 0.717) is 10.9 Å². The van der Waals surface area contributed by atoms with E-state index in [2.05, 4.69) is 22.7 Å². The summed E-state index contributed by atoms with van der Waals surface area (Å²) in [6, 6.07) is 9.27. The van der Waals surface area contributed by atoms with Crippen molar-refractivity contribution in [2.75, 3.05) is 0 Å². The van der Waals surface area contributed by atoms with Crippen LogP contribution in [0.3, 0.4) is 0 Å². The maximum atomic E-state index is 13.1. The van der Waals surface area contributed by atoms with Gasteiger partial charge in [0.15, 0.2) is 5.78 Å². The number of carbonyl (C=O) groups excluding carboxylic acids is 1. The van der Waals surface area contributed by atoms with Crippen molar-refractivity contribution in [3.63, 3.8) is 0 Å². The molecule has 29 heavy (non-hydrogen) atoms. The Hall–Kier alpha value is -2.95. The second-order valence-electron chi connectivity index (χ2n) is 7.90. The Morgan fingerprint density at radius 1 is 1.17 bits per heavy atom. The van der Waals surface area contributed by atoms with Crippen LogP contribution in [-0.4, -0.2) is 20.1 Å². The standard InChI is InChI=1S/C24H27N3O2/c1-17-14-21(18(2)26(17)13-12-19-8-4-3-5-9-19)24(29)16-27-22-11-7-6-10-20(22)23(28)15-25-27/h6-8,10-11,14-15H,3-5,9,12-13,16H2,1-2H3. The molecule has 0 atom stereocenters. The van der Waals surface area contributed by atoms with Crippen LogP contribution in [0.5, 0.6) is 0 Å². The minimum absolute atomic E-state index is 0.0162. The SMILES string of the molecule is Cc1cc(C(=O)Cn2ncc(=O)c3ccccc32)c(C)n1CCC1=CCCCC1. The Kier molecular flexibility index (Phi) is 5.47. The predicted molar refractivity (Wildman–Crippen MR) is 115 cm³/mol. The molecular weight excluding hydrogens is 362 g/mol. The number of carbonyl (C=O) groups is 1. The number of aromatic nitrogens is 3. The first-order valence-corrected chi connectivity index (χ1v) is 10.4. The molecule has 0 fully saturated rings. The van der Waals surface area contributed by atoms with Crippen molar-refractivity contribution in [1.82, 2.24) is 14.3 Å². The molecule has 0 radical (unpaired) electrons. The molecule has 0 unspecified atom stereocenters. The largest absolute Gasteiger partial charge is 0.348 e. The van der Waals surface area contributed by atoms with Crippen molar-refractivity contribution in [1.29, 1.82) is 0 Å². The summed E-state index contributed by atoms with van der Waals surface area (Å²) >= 11 is 0. The number of Topliss-reactive ketones (excluding diaryl/α,β-unsaturated/α-hetero) is 1. The maximum absolute atomic E-state index is 13.1. The highest BCUT2D eigenvalue weighted by atomic mass is 16.1. The summed E-state index contributed by atoms with van der Waals surface area (Å²) in [4.78, 5) is 25.1. The van der Waals surface area contributed by atoms with Crippen molar-refractivity contribution in [2.45, 2.75) is 59.0 Å². The Bertz CT molecular complexity index is 1150. The zero-order valence-electron chi connectivity index (χ0n) is 17.1. The molecular formula is C24H27N3O2. The van der Waals surface area contributed by atoms with E-state index in [0.717, 1.165) is 29.9 Å². The molecule has 5 heteroatoms. The Labute approximate surface area is 170 Å². The van der Waals surface area contributed by atoms with E-state index in [-0.39, 0.29) is 17.8 Å². The molecule has 0 saturated carbocycles. The van der Waals surface area contributed by atoms with Gasteiger partial charge in [-0.1, -0.05) is 23.8 Å². The minimum Gasteiger partial charge on any atom is -0.348 e. The van der Waals surface area contributed by atoms with Crippen LogP contribution in [0, 0.1) is 13.8 Å². The molecule has 5 nitrogen and oxygen atoms in total. The fraction of sp³-hybridized carbons (Fsp3) is 0.375. The summed E-state index contributed by atoms with van der Waals surface area (Å²) in [5.74, 6) is 0.0162. The van der Waals surface area contributed by atoms with Crippen LogP contribution >= 0.6 is 0 Å². The highest BCUT2D eigenvalue weighted by molar-refractivity contribution is 5.98. The average molecular weight is 389 g/mol. The molecule has 4 rings (SSSR count). The van der Waals surface area contributed by atoms with Crippen molar-refractivity contribution in [3.8, 4) is 0 Å². The molecule has 1 aromatic carbocycles. The number of aryl methyl sites for hydroxylation is 1. The van der Waals surface area contributed by atoms with E-state index in [9.17, 15) is 9.59 Å². The molecule has 2 aromatic heterocycles. The highest BCUT2D eigenvalue weighted by Crippen LogP contribution is 2.23. The van der Waals surface area contributed by atoms with Gasteiger partial charge in [-0.15, -0.1) is 0 Å². The predicted octanol–water partition coefficient (Wildman–Crippen LogP) is 4.59. The molecule has 1 aliphatic rings. The first-order valence-electron chi connectivity index (χ1n) is 10.4. The molecule has 0 spiro atoms. The number of rotatable bonds is 6. The fourth-order valence-corrected chi connectivity index (χ4v) is 4.32. The lowest BCUT2D eigenvalue weighted by Crippen LogP contribution is -2.18. The Balaban J connectivity index is 1.56. The number of allylic oxidation sites excluding steroid dienone is 2. The highest BCUT2D eigenvalue weighted by Gasteiger charge is 2.17. The van der Waals surface area contributed by atoms with Gasteiger partial charge < -0.3 is 4.57 Å². The van der Waals surface area contributed by atoms with Crippen molar-refractivity contribution < 1.29 is 4.79 Å². The maximum Gasteiger partial charge on any atom is 0.207 e. The van der Waals surface area contributed by atoms with Crippen LogP contribution in [-0.2, 0) is 13.1 Å². The molecule has 150 valence electrons. The van der Waals surface area contributed by atoms with E-state index in [1.165, 1.54) is 31.9 Å². The summed E-state index contributed by atoms with van der Waals surface area (Å²) < 4.78 is 3.87. The average Bonchev–Trinajstić information content (AvgIpc) is 3.03. The lowest BCUT2D eigenvalue weighted by atomic mass is 9.97. The monoisotopic (exact) mass is 389 g/mol. The van der Waals surface area contributed by atoms with Crippen LogP contribution in [0.25, 0.3) is 10.9 Å². The zero-order chi connectivity index (χ0) is 20.4. The molecule has 1 aliphatic carbocycles. The molecule has 2 heterocycles. The van der Waals surface area contributed by atoms with E-state index in [4.69, 9.17) is 0 Å². The van der Waals surface area contributed by atoms with Crippen LogP contribution in [0.1, 0.15) is 53.8 Å². The minimum atomic E-state index is -0.125. The van der Waals surface area contributed by atoms with Gasteiger partial charge in [0.25, 0.3) is 0 Å². The van der Waals surface area contributed by atoms with Gasteiger partial charge in [0.05, 0.1) is 11.7 Å². The summed E-state index contributed by atoms with van der Waals surface area (Å²) in [5, 5.41) is 4.78. The third-order valence-electron chi connectivity index (χ3n) is 5.97. The van der Waals surface area contributed by atoms with Gasteiger partial charge in [-0.25, -0.2) is 0 Å². The van der Waals surface area contributed by atoms with Crippen molar-refractivity contribution >= 4 is 16.7 Å². The summed E-state index contributed by atoms with van der Waals surface area (Å²) in [5.41, 5.74) is 4.96. The van der Waals surface area contributed by atoms with Crippen molar-refractivity contribution in [2.24, 2.45) is 0 Å². The van der Waals surface area contributed by atoms with Gasteiger partial charge >= 0.3 is 0 Å². The van der Waals surface area contributed by atoms with E-state index in [1.807, 2.05) is 31.2 Å². The topological polar surface area (TPSA) is 56.9 Å². The third kappa shape index (κ3) is 3.95. The van der Waals surface area contributed by atoms with Crippen LogP contribution in [0.15, 0.2) is 53.0 Å². The number of hydrogen-bond donors (Lipinski definition) is 0. The summed E-state index contributed by atoms with van der Waals surface area (Å²) in [7, 11) is 0. The number of ketones is 1. The van der Waals surface area contributed by atoms with Crippen LogP contribution in [0.4, 0.5) is 0 Å². The zero-order valence-corrected chi connectivity index (χ0v) is 17.1. The first kappa shape index (κ1) is 19.4. The number of fused-ring (bicyclic) bond motifs is 1. The molecule has 0 saturated heterocycles. The molecule has 0 amide bonds. The van der Waals surface area contributed by atoms with Crippen LogP contribution in [0.2, 0.25) is 0 Å². The molecule has 3 aromatic rings. The van der Waals surface area contributed by atoms with Gasteiger partial charge in [0, 0.05) is 28.9 Å². The second-order valence-corrected chi connectivity index (χ2v) is 7.90. The van der Waals surface area contributed by atoms with Gasteiger partial charge in [-0.2, -0.15) is 5.10 Å². The molecule has 0 N–H and O–H groups in total. The van der Waals surface area contributed by atoms with E-state index in [1.54, 1.807) is 16.3 Å². The Morgan fingerprint density at radius 2 is 2.00 bits per heavy atom. The van der Waals surface area contributed by atoms with Gasteiger partial charge in [0.1, 0.15) is 6.54 Å². The number of nitrogens with zero attached hydrogens (tertiary/aromatic N) is 3. The van der Waals surface area contributed by atoms with Crippen LogP contribution < -0.4 is 5.43 Å². The number of para-hydroxylation sites is 1. The number of hydrogen-bond acceptors (Lipinski definition) is 3. The lowest BCUT2D eigenvalue weighted by molar-refractivity contribution is 0.0968. The second kappa shape index (κ2) is 8.19. The smallest absolute Gasteiger partial charge is 0.207 e. The summed E-state index contributed by atoms with van der Waals surface area (Å²) in [6.45, 7) is 5.12. The van der Waals surface area contributed by atoms with Gasteiger partial charge in [-0.3, -0.25) is 14.3 Å². The number of benzene rings is 1. The molecule has 0 aliphatic heterocycles. The van der Waals surface area contributed by atoms with Gasteiger partial charge in [-0.05, 0) is 64.2 Å². The van der Waals surface area contributed by atoms with E-state index >= 15 is 0 Å². The molecule has 0 bridgehead atoms. The van der Waals surface area contributed by atoms with Crippen molar-refractivity contribution in [3.05, 3.63) is 75.4 Å². The summed E-state index contributed by atoms with van der Waals surface area (Å²) in [6.07, 6.45) is 9.72. The lowest BCUT2D eigenvalue weighted by Gasteiger charge is -2.15. The normalized spacial score (nSPS) is 14.2. The first-order chi connectivity index (χ1) is 14.0.